The quantitative estimate of drug-likeness (QED) is 0.333. The maximum absolute atomic E-state index is 13.6. The summed E-state index contributed by atoms with van der Waals surface area (Å²) in [6, 6.07) is 17.4. The maximum atomic E-state index is 13.6. The summed E-state index contributed by atoms with van der Waals surface area (Å²) >= 11 is 3.36. The van der Waals surface area contributed by atoms with E-state index in [4.69, 9.17) is 5.41 Å². The van der Waals surface area contributed by atoms with E-state index in [1.165, 1.54) is 17.0 Å². The average Bonchev–Trinajstić information content (AvgIpc) is 3.00. The molecule has 1 aliphatic rings. The van der Waals surface area contributed by atoms with Gasteiger partial charge in [-0.15, -0.1) is 0 Å². The molecule has 1 atom stereocenters. The van der Waals surface area contributed by atoms with E-state index in [-0.39, 0.29) is 30.9 Å². The largest absolute Gasteiger partial charge is 0.342 e. The van der Waals surface area contributed by atoms with Gasteiger partial charge in [0.15, 0.2) is 5.96 Å². The highest BCUT2D eigenvalue weighted by molar-refractivity contribution is 9.10. The topological polar surface area (TPSA) is 97.3 Å². The molecule has 0 aliphatic carbocycles. The highest BCUT2D eigenvalue weighted by Gasteiger charge is 2.45. The first-order valence-electron chi connectivity index (χ1n) is 11.1. The third kappa shape index (κ3) is 6.06. The van der Waals surface area contributed by atoms with Crippen molar-refractivity contribution in [2.24, 2.45) is 0 Å². The van der Waals surface area contributed by atoms with Gasteiger partial charge in [0.2, 0.25) is 0 Å². The molecule has 1 aliphatic heterocycles. The van der Waals surface area contributed by atoms with Crippen molar-refractivity contribution < 1.29 is 18.4 Å². The molecule has 0 bridgehead atoms. The summed E-state index contributed by atoms with van der Waals surface area (Å²) in [6.07, 6.45) is 0.0337. The number of amides is 3. The Bertz CT molecular complexity index is 1300. The Kier molecular flexibility index (Phi) is 7.35. The van der Waals surface area contributed by atoms with Crippen molar-refractivity contribution in [1.29, 1.82) is 5.41 Å². The van der Waals surface area contributed by atoms with Gasteiger partial charge >= 0.3 is 6.03 Å². The second-order valence-electron chi connectivity index (χ2n) is 8.79. The first kappa shape index (κ1) is 25.3. The summed E-state index contributed by atoms with van der Waals surface area (Å²) in [6.45, 7) is 2.08. The van der Waals surface area contributed by atoms with Gasteiger partial charge in [0, 0.05) is 29.2 Å². The van der Waals surface area contributed by atoms with Gasteiger partial charge in [0.1, 0.15) is 17.2 Å². The van der Waals surface area contributed by atoms with Gasteiger partial charge in [-0.1, -0.05) is 46.3 Å². The molecule has 10 heteroatoms. The van der Waals surface area contributed by atoms with Gasteiger partial charge in [-0.05, 0) is 53.9 Å². The molecular formula is C26H24BrF2N5O2. The lowest BCUT2D eigenvalue weighted by Gasteiger charge is -2.22. The van der Waals surface area contributed by atoms with Crippen LogP contribution in [-0.4, -0.2) is 28.3 Å². The van der Waals surface area contributed by atoms with Gasteiger partial charge < -0.3 is 16.0 Å². The summed E-state index contributed by atoms with van der Waals surface area (Å²) in [5.41, 5.74) is 1.45. The average molecular weight is 556 g/mol. The Morgan fingerprint density at radius 2 is 1.69 bits per heavy atom. The monoisotopic (exact) mass is 555 g/mol. The van der Waals surface area contributed by atoms with E-state index in [9.17, 15) is 18.4 Å². The van der Waals surface area contributed by atoms with Crippen molar-refractivity contribution in [3.05, 3.63) is 99.5 Å². The van der Waals surface area contributed by atoms with E-state index in [1.54, 1.807) is 19.1 Å². The van der Waals surface area contributed by atoms with Gasteiger partial charge in [-0.2, -0.15) is 0 Å². The third-order valence-corrected chi connectivity index (χ3v) is 6.25. The fourth-order valence-electron chi connectivity index (χ4n) is 4.04. The van der Waals surface area contributed by atoms with E-state index >= 15 is 0 Å². The first-order chi connectivity index (χ1) is 17.1. The lowest BCUT2D eigenvalue weighted by molar-refractivity contribution is -0.130. The second-order valence-corrected chi connectivity index (χ2v) is 9.70. The first-order valence-corrected chi connectivity index (χ1v) is 11.9. The molecule has 1 heterocycles. The molecule has 0 spiro atoms. The molecule has 3 aromatic rings. The van der Waals surface area contributed by atoms with Gasteiger partial charge in [-0.3, -0.25) is 15.1 Å². The molecular weight excluding hydrogens is 532 g/mol. The summed E-state index contributed by atoms with van der Waals surface area (Å²) in [5.74, 6) is -1.86. The number of urea groups is 1. The van der Waals surface area contributed by atoms with Crippen LogP contribution >= 0.6 is 15.9 Å². The Balaban J connectivity index is 1.34. The molecule has 4 N–H and O–H groups in total. The molecule has 0 saturated carbocycles. The summed E-state index contributed by atoms with van der Waals surface area (Å²) in [7, 11) is 0. The van der Waals surface area contributed by atoms with Gasteiger partial charge in [-0.25, -0.2) is 13.6 Å². The van der Waals surface area contributed by atoms with E-state index < -0.39 is 17.2 Å². The molecule has 1 saturated heterocycles. The minimum absolute atomic E-state index is 0.0337. The standard InChI is InChI=1S/C26H24BrF2N5O2/c1-26(13-18-9-20(28)12-21(29)10-18)23(35)34(24(30)33-26)15-17-7-5-16(6-8-17)14-31-25(36)32-22-4-2-3-19(27)11-22/h2-12H,13-15H2,1H3,(H2,30,33)(H2,31,32,36)/t26-/m1/s1. The van der Waals surface area contributed by atoms with Crippen LogP contribution in [-0.2, 0) is 24.3 Å². The second kappa shape index (κ2) is 10.4. The van der Waals surface area contributed by atoms with Crippen molar-refractivity contribution >= 4 is 39.5 Å². The van der Waals surface area contributed by atoms with Crippen LogP contribution in [0.5, 0.6) is 0 Å². The van der Waals surface area contributed by atoms with E-state index in [1.807, 2.05) is 36.4 Å². The number of nitrogens with one attached hydrogen (secondary N) is 4. The fraction of sp³-hybridized carbons (Fsp3) is 0.192. The molecule has 3 amide bonds. The number of rotatable bonds is 7. The molecule has 1 fully saturated rings. The van der Waals surface area contributed by atoms with Crippen LogP contribution in [0.4, 0.5) is 19.3 Å². The summed E-state index contributed by atoms with van der Waals surface area (Å²) in [5, 5.41) is 16.6. The number of guanidine groups is 1. The van der Waals surface area contributed by atoms with E-state index in [0.717, 1.165) is 21.7 Å². The molecule has 0 unspecified atom stereocenters. The number of benzene rings is 3. The third-order valence-electron chi connectivity index (χ3n) is 5.76. The zero-order chi connectivity index (χ0) is 25.9. The van der Waals surface area contributed by atoms with Crippen LogP contribution in [0, 0.1) is 17.0 Å². The predicted molar refractivity (Wildman–Crippen MR) is 136 cm³/mol. The van der Waals surface area contributed by atoms with Crippen molar-refractivity contribution in [1.82, 2.24) is 15.5 Å². The Morgan fingerprint density at radius 3 is 2.36 bits per heavy atom. The molecule has 186 valence electrons. The number of hydrogen-bond donors (Lipinski definition) is 4. The zero-order valence-electron chi connectivity index (χ0n) is 19.4. The molecule has 3 aromatic carbocycles. The minimum atomic E-state index is -1.19. The van der Waals surface area contributed by atoms with Crippen LogP contribution < -0.4 is 16.0 Å². The SMILES string of the molecule is C[C@]1(Cc2cc(F)cc(F)c2)NC(=N)N(Cc2ccc(CNC(=O)Nc3cccc(Br)c3)cc2)C1=O. The molecule has 0 radical (unpaired) electrons. The molecule has 36 heavy (non-hydrogen) atoms. The smallest absolute Gasteiger partial charge is 0.319 e. The van der Waals surface area contributed by atoms with E-state index in [0.29, 0.717) is 17.8 Å². The Labute approximate surface area is 215 Å². The summed E-state index contributed by atoms with van der Waals surface area (Å²) < 4.78 is 28.0. The molecule has 4 rings (SSSR count). The van der Waals surface area contributed by atoms with E-state index in [2.05, 4.69) is 31.9 Å². The van der Waals surface area contributed by atoms with Crippen LogP contribution in [0.15, 0.2) is 71.2 Å². The maximum Gasteiger partial charge on any atom is 0.319 e. The molecule has 0 aromatic heterocycles. The Hall–Kier alpha value is -3.79. The Morgan fingerprint density at radius 1 is 1.03 bits per heavy atom. The highest BCUT2D eigenvalue weighted by Crippen LogP contribution is 2.25. The van der Waals surface area contributed by atoms with Crippen molar-refractivity contribution in [3.63, 3.8) is 0 Å². The van der Waals surface area contributed by atoms with Crippen LogP contribution in [0.2, 0.25) is 0 Å². The zero-order valence-corrected chi connectivity index (χ0v) is 21.0. The lowest BCUT2D eigenvalue weighted by atomic mass is 9.92. The molecule has 7 nitrogen and oxygen atoms in total. The van der Waals surface area contributed by atoms with Crippen molar-refractivity contribution in [3.8, 4) is 0 Å². The van der Waals surface area contributed by atoms with Gasteiger partial charge in [0.05, 0.1) is 6.54 Å². The number of carbonyl (C=O) groups excluding carboxylic acids is 2. The number of carbonyl (C=O) groups is 2. The minimum Gasteiger partial charge on any atom is -0.342 e. The predicted octanol–water partition coefficient (Wildman–Crippen LogP) is 4.92. The normalized spacial score (nSPS) is 17.2. The lowest BCUT2D eigenvalue weighted by Crippen LogP contribution is -2.46. The number of nitrogens with zero attached hydrogens (tertiary/aromatic N) is 1. The number of halogens is 3. The van der Waals surface area contributed by atoms with Crippen LogP contribution in [0.3, 0.4) is 0 Å². The highest BCUT2D eigenvalue weighted by atomic mass is 79.9. The number of anilines is 1. The van der Waals surface area contributed by atoms with Crippen LogP contribution in [0.1, 0.15) is 23.6 Å². The summed E-state index contributed by atoms with van der Waals surface area (Å²) in [4.78, 5) is 26.6. The van der Waals surface area contributed by atoms with Gasteiger partial charge in [0.25, 0.3) is 5.91 Å². The van der Waals surface area contributed by atoms with Crippen molar-refractivity contribution in [2.75, 3.05) is 5.32 Å². The van der Waals surface area contributed by atoms with Crippen LogP contribution in [0.25, 0.3) is 0 Å². The number of hydrogen-bond acceptors (Lipinski definition) is 3. The fourth-order valence-corrected chi connectivity index (χ4v) is 4.44. The van der Waals surface area contributed by atoms with Crippen molar-refractivity contribution in [2.45, 2.75) is 32.0 Å².